The van der Waals surface area contributed by atoms with Crippen LogP contribution < -0.4 is 9.64 Å². The van der Waals surface area contributed by atoms with E-state index in [0.717, 1.165) is 36.6 Å². The Labute approximate surface area is 162 Å². The van der Waals surface area contributed by atoms with Gasteiger partial charge in [-0.3, -0.25) is 4.79 Å². The standard InChI is InChI=1S/C19H23N7O2/c1-24-18-17(22-23-24)19(21-13-20-18)26-11-9-25(10-12-26)16(27)8-5-14-3-6-15(28-2)7-4-14/h3-4,6-7,13H,5,8-12H2,1-2H3. The smallest absolute Gasteiger partial charge is 0.223 e. The van der Waals surface area contributed by atoms with Crippen LogP contribution in [0.2, 0.25) is 0 Å². The highest BCUT2D eigenvalue weighted by atomic mass is 16.5. The van der Waals surface area contributed by atoms with Crippen LogP contribution in [-0.2, 0) is 18.3 Å². The fraction of sp³-hybridized carbons (Fsp3) is 0.421. The second kappa shape index (κ2) is 7.79. The van der Waals surface area contributed by atoms with Crippen LogP contribution in [0.1, 0.15) is 12.0 Å². The van der Waals surface area contributed by atoms with Crippen LogP contribution in [0.25, 0.3) is 11.2 Å². The van der Waals surface area contributed by atoms with Crippen molar-refractivity contribution in [2.45, 2.75) is 12.8 Å². The number of hydrogen-bond donors (Lipinski definition) is 0. The van der Waals surface area contributed by atoms with Gasteiger partial charge in [-0.2, -0.15) is 0 Å². The number of hydrogen-bond acceptors (Lipinski definition) is 7. The number of nitrogens with zero attached hydrogens (tertiary/aromatic N) is 7. The zero-order valence-corrected chi connectivity index (χ0v) is 16.1. The summed E-state index contributed by atoms with van der Waals surface area (Å²) in [5, 5.41) is 8.20. The van der Waals surface area contributed by atoms with Crippen molar-refractivity contribution < 1.29 is 9.53 Å². The van der Waals surface area contributed by atoms with Gasteiger partial charge in [-0.05, 0) is 24.1 Å². The van der Waals surface area contributed by atoms with Crippen LogP contribution >= 0.6 is 0 Å². The Kier molecular flexibility index (Phi) is 5.05. The number of ether oxygens (including phenoxy) is 1. The van der Waals surface area contributed by atoms with Crippen molar-refractivity contribution in [2.75, 3.05) is 38.2 Å². The summed E-state index contributed by atoms with van der Waals surface area (Å²) in [7, 11) is 3.46. The minimum absolute atomic E-state index is 0.183. The van der Waals surface area contributed by atoms with Crippen LogP contribution in [0.5, 0.6) is 5.75 Å². The van der Waals surface area contributed by atoms with Gasteiger partial charge < -0.3 is 14.5 Å². The van der Waals surface area contributed by atoms with Crippen LogP contribution in [-0.4, -0.2) is 69.1 Å². The quantitative estimate of drug-likeness (QED) is 0.652. The molecule has 9 nitrogen and oxygen atoms in total. The van der Waals surface area contributed by atoms with Crippen LogP contribution in [0, 0.1) is 0 Å². The number of carbonyl (C=O) groups is 1. The van der Waals surface area contributed by atoms with E-state index in [1.54, 1.807) is 11.8 Å². The topological polar surface area (TPSA) is 89.3 Å². The molecule has 0 saturated carbocycles. The SMILES string of the molecule is COc1ccc(CCC(=O)N2CCN(c3ncnc4c3nnn4C)CC2)cc1. The number of rotatable bonds is 5. The Balaban J connectivity index is 1.33. The summed E-state index contributed by atoms with van der Waals surface area (Å²) in [5.74, 6) is 1.79. The van der Waals surface area contributed by atoms with E-state index in [9.17, 15) is 4.79 Å². The molecule has 4 rings (SSSR count). The average molecular weight is 381 g/mol. The molecule has 0 unspecified atom stereocenters. The number of piperazine rings is 1. The van der Waals surface area contributed by atoms with Gasteiger partial charge in [-0.25, -0.2) is 14.6 Å². The molecule has 9 heteroatoms. The van der Waals surface area contributed by atoms with E-state index in [-0.39, 0.29) is 5.91 Å². The normalized spacial score (nSPS) is 14.5. The van der Waals surface area contributed by atoms with Gasteiger partial charge in [0.15, 0.2) is 17.0 Å². The van der Waals surface area contributed by atoms with E-state index >= 15 is 0 Å². The van der Waals surface area contributed by atoms with Crippen LogP contribution in [0.15, 0.2) is 30.6 Å². The zero-order valence-electron chi connectivity index (χ0n) is 16.1. The lowest BCUT2D eigenvalue weighted by molar-refractivity contribution is -0.131. The van der Waals surface area contributed by atoms with E-state index in [2.05, 4.69) is 25.2 Å². The number of benzene rings is 1. The van der Waals surface area contributed by atoms with Crippen molar-refractivity contribution in [2.24, 2.45) is 7.05 Å². The summed E-state index contributed by atoms with van der Waals surface area (Å²) in [4.78, 5) is 25.3. The van der Waals surface area contributed by atoms with E-state index in [1.807, 2.05) is 36.2 Å². The largest absolute Gasteiger partial charge is 0.497 e. The summed E-state index contributed by atoms with van der Waals surface area (Å²) in [6, 6.07) is 7.86. The average Bonchev–Trinajstić information content (AvgIpc) is 3.13. The molecule has 146 valence electrons. The summed E-state index contributed by atoms with van der Waals surface area (Å²) in [6.07, 6.45) is 2.77. The summed E-state index contributed by atoms with van der Waals surface area (Å²) >= 11 is 0. The van der Waals surface area contributed by atoms with Crippen molar-refractivity contribution in [3.63, 3.8) is 0 Å². The number of aryl methyl sites for hydroxylation is 2. The Morgan fingerprint density at radius 1 is 1.11 bits per heavy atom. The molecule has 0 radical (unpaired) electrons. The first-order valence-corrected chi connectivity index (χ1v) is 9.32. The van der Waals surface area contributed by atoms with Gasteiger partial charge in [0.2, 0.25) is 5.91 Å². The Hall–Kier alpha value is -3.23. The second-order valence-corrected chi connectivity index (χ2v) is 6.80. The molecular formula is C19H23N7O2. The first-order chi connectivity index (χ1) is 13.7. The van der Waals surface area contributed by atoms with E-state index in [4.69, 9.17) is 4.74 Å². The highest BCUT2D eigenvalue weighted by Crippen LogP contribution is 2.21. The molecule has 1 fully saturated rings. The molecule has 1 aliphatic heterocycles. The minimum atomic E-state index is 0.183. The molecular weight excluding hydrogens is 358 g/mol. The zero-order chi connectivity index (χ0) is 19.5. The Bertz CT molecular complexity index is 962. The third-order valence-electron chi connectivity index (χ3n) is 5.09. The third-order valence-corrected chi connectivity index (χ3v) is 5.09. The van der Waals surface area contributed by atoms with Gasteiger partial charge in [-0.15, -0.1) is 5.10 Å². The number of aromatic nitrogens is 5. The lowest BCUT2D eigenvalue weighted by atomic mass is 10.1. The molecule has 0 N–H and O–H groups in total. The second-order valence-electron chi connectivity index (χ2n) is 6.80. The van der Waals surface area contributed by atoms with Gasteiger partial charge in [-0.1, -0.05) is 17.3 Å². The number of fused-ring (bicyclic) bond motifs is 1. The number of methoxy groups -OCH3 is 1. The number of carbonyl (C=O) groups excluding carboxylic acids is 1. The molecule has 0 bridgehead atoms. The first-order valence-electron chi connectivity index (χ1n) is 9.32. The lowest BCUT2D eigenvalue weighted by Gasteiger charge is -2.35. The van der Waals surface area contributed by atoms with Gasteiger partial charge >= 0.3 is 0 Å². The fourth-order valence-corrected chi connectivity index (χ4v) is 3.44. The molecule has 2 aromatic heterocycles. The predicted octanol–water partition coefficient (Wildman–Crippen LogP) is 1.05. The molecule has 3 aromatic rings. The molecule has 28 heavy (non-hydrogen) atoms. The molecule has 3 heterocycles. The summed E-state index contributed by atoms with van der Waals surface area (Å²) in [5.41, 5.74) is 2.55. The van der Waals surface area contributed by atoms with E-state index < -0.39 is 0 Å². The van der Waals surface area contributed by atoms with Crippen LogP contribution in [0.4, 0.5) is 5.82 Å². The third kappa shape index (κ3) is 3.60. The van der Waals surface area contributed by atoms with Gasteiger partial charge in [0.1, 0.15) is 12.1 Å². The molecule has 1 aliphatic rings. The van der Waals surface area contributed by atoms with Crippen molar-refractivity contribution in [1.29, 1.82) is 0 Å². The van der Waals surface area contributed by atoms with Crippen molar-refractivity contribution in [1.82, 2.24) is 29.9 Å². The number of anilines is 1. The van der Waals surface area contributed by atoms with Crippen LogP contribution in [0.3, 0.4) is 0 Å². The predicted molar refractivity (Wildman–Crippen MR) is 104 cm³/mol. The summed E-state index contributed by atoms with van der Waals surface area (Å²) in [6.45, 7) is 2.79. The maximum absolute atomic E-state index is 12.6. The van der Waals surface area contributed by atoms with Crippen molar-refractivity contribution >= 4 is 22.9 Å². The molecule has 0 aliphatic carbocycles. The maximum Gasteiger partial charge on any atom is 0.223 e. The highest BCUT2D eigenvalue weighted by molar-refractivity contribution is 5.83. The van der Waals surface area contributed by atoms with Crippen molar-refractivity contribution in [3.8, 4) is 5.75 Å². The fourth-order valence-electron chi connectivity index (χ4n) is 3.44. The molecule has 1 saturated heterocycles. The Morgan fingerprint density at radius 3 is 2.57 bits per heavy atom. The van der Waals surface area contributed by atoms with E-state index in [1.165, 1.54) is 6.33 Å². The molecule has 0 atom stereocenters. The minimum Gasteiger partial charge on any atom is -0.497 e. The van der Waals surface area contributed by atoms with Gasteiger partial charge in [0.25, 0.3) is 0 Å². The van der Waals surface area contributed by atoms with Crippen molar-refractivity contribution in [3.05, 3.63) is 36.2 Å². The first kappa shape index (κ1) is 18.1. The summed E-state index contributed by atoms with van der Waals surface area (Å²) < 4.78 is 6.80. The lowest BCUT2D eigenvalue weighted by Crippen LogP contribution is -2.49. The molecule has 1 aromatic carbocycles. The van der Waals surface area contributed by atoms with E-state index in [0.29, 0.717) is 30.7 Å². The molecule has 0 spiro atoms. The van der Waals surface area contributed by atoms with Gasteiger partial charge in [0, 0.05) is 39.6 Å². The maximum atomic E-state index is 12.6. The van der Waals surface area contributed by atoms with Gasteiger partial charge in [0.05, 0.1) is 7.11 Å². The monoisotopic (exact) mass is 381 g/mol. The molecule has 1 amide bonds. The number of amides is 1. The highest BCUT2D eigenvalue weighted by Gasteiger charge is 2.24. The Morgan fingerprint density at radius 2 is 1.86 bits per heavy atom.